The first-order valence-electron chi connectivity index (χ1n) is 13.6. The number of nitrogens with two attached hydrogens (primary N) is 1. The topological polar surface area (TPSA) is 158 Å². The Balaban J connectivity index is 1.55. The summed E-state index contributed by atoms with van der Waals surface area (Å²) in [5, 5.41) is 16.1. The molecule has 1 aliphatic rings. The zero-order valence-electron chi connectivity index (χ0n) is 22.8. The molecule has 3 aromatic rings. The van der Waals surface area contributed by atoms with Crippen molar-refractivity contribution in [2.24, 2.45) is 11.7 Å². The first-order chi connectivity index (χ1) is 19.2. The van der Waals surface area contributed by atoms with Crippen molar-refractivity contribution in [1.82, 2.24) is 20.5 Å². The first-order valence-corrected chi connectivity index (χ1v) is 13.6. The number of hydrogen-bond acceptors (Lipinski definition) is 5. The summed E-state index contributed by atoms with van der Waals surface area (Å²) in [7, 11) is 0. The van der Waals surface area contributed by atoms with Crippen LogP contribution in [0.5, 0.6) is 0 Å². The summed E-state index contributed by atoms with van der Waals surface area (Å²) in [4.78, 5) is 56.5. The van der Waals surface area contributed by atoms with Gasteiger partial charge in [0.05, 0.1) is 6.04 Å². The van der Waals surface area contributed by atoms with Crippen molar-refractivity contribution in [2.75, 3.05) is 6.54 Å². The van der Waals surface area contributed by atoms with E-state index in [0.717, 1.165) is 22.0 Å². The molecule has 212 valence electrons. The van der Waals surface area contributed by atoms with E-state index in [0.29, 0.717) is 25.8 Å². The molecule has 10 nitrogen and oxygen atoms in total. The minimum atomic E-state index is -1.06. The number of aliphatic carboxylic acids is 1. The first kappa shape index (κ1) is 28.8. The average Bonchev–Trinajstić information content (AvgIpc) is 3.59. The fourth-order valence-electron chi connectivity index (χ4n) is 5.20. The standard InChI is InChI=1S/C30H37N5O5/c1-18(2)26(29(38)35-14-8-13-25(35)30(39)40)34-28(37)24(16-20-17-32-23-12-7-6-11-21(20)23)33-27(36)22(31)15-19-9-4-3-5-10-19/h3-7,9-12,17-18,22,24-26,32H,8,13-16,31H2,1-2H3,(H,33,36)(H,34,37)(H,39,40). The number of para-hydroxylation sites is 1. The van der Waals surface area contributed by atoms with E-state index < -0.39 is 47.9 Å². The third kappa shape index (κ3) is 6.69. The fourth-order valence-corrected chi connectivity index (χ4v) is 5.20. The predicted molar refractivity (Wildman–Crippen MR) is 151 cm³/mol. The number of carboxylic acids is 1. The number of benzene rings is 2. The van der Waals surface area contributed by atoms with Gasteiger partial charge in [-0.3, -0.25) is 14.4 Å². The molecule has 2 heterocycles. The summed E-state index contributed by atoms with van der Waals surface area (Å²) >= 11 is 0. The number of aromatic nitrogens is 1. The highest BCUT2D eigenvalue weighted by Crippen LogP contribution is 2.22. The summed E-state index contributed by atoms with van der Waals surface area (Å²) in [6.07, 6.45) is 3.22. The maximum atomic E-state index is 13.7. The van der Waals surface area contributed by atoms with Gasteiger partial charge in [0.25, 0.3) is 0 Å². The van der Waals surface area contributed by atoms with E-state index in [1.54, 1.807) is 20.0 Å². The van der Waals surface area contributed by atoms with Crippen molar-refractivity contribution in [3.05, 3.63) is 71.9 Å². The van der Waals surface area contributed by atoms with Crippen LogP contribution in [0.3, 0.4) is 0 Å². The van der Waals surface area contributed by atoms with E-state index in [1.807, 2.05) is 54.6 Å². The van der Waals surface area contributed by atoms with Crippen LogP contribution in [0, 0.1) is 5.92 Å². The maximum absolute atomic E-state index is 13.7. The Kier molecular flexibility index (Phi) is 9.21. The molecule has 1 saturated heterocycles. The molecule has 10 heteroatoms. The predicted octanol–water partition coefficient (Wildman–Crippen LogP) is 1.98. The summed E-state index contributed by atoms with van der Waals surface area (Å²) in [6.45, 7) is 3.90. The number of amides is 3. The number of H-pyrrole nitrogens is 1. The molecule has 1 aliphatic heterocycles. The summed E-state index contributed by atoms with van der Waals surface area (Å²) in [6, 6.07) is 13.3. The van der Waals surface area contributed by atoms with Gasteiger partial charge in [-0.15, -0.1) is 0 Å². The van der Waals surface area contributed by atoms with Gasteiger partial charge in [-0.1, -0.05) is 62.4 Å². The molecule has 0 aliphatic carbocycles. The van der Waals surface area contributed by atoms with Crippen LogP contribution in [-0.2, 0) is 32.0 Å². The van der Waals surface area contributed by atoms with Crippen LogP contribution in [0.25, 0.3) is 10.9 Å². The van der Waals surface area contributed by atoms with Crippen molar-refractivity contribution in [1.29, 1.82) is 0 Å². The van der Waals surface area contributed by atoms with E-state index in [1.165, 1.54) is 4.90 Å². The van der Waals surface area contributed by atoms with Crippen LogP contribution < -0.4 is 16.4 Å². The molecule has 4 rings (SSSR count). The van der Waals surface area contributed by atoms with Gasteiger partial charge in [0, 0.05) is 30.1 Å². The van der Waals surface area contributed by atoms with Gasteiger partial charge in [-0.2, -0.15) is 0 Å². The Morgan fingerprint density at radius 1 is 1.00 bits per heavy atom. The molecule has 0 spiro atoms. The lowest BCUT2D eigenvalue weighted by molar-refractivity contribution is -0.150. The molecule has 0 radical (unpaired) electrons. The summed E-state index contributed by atoms with van der Waals surface area (Å²) in [5.41, 5.74) is 8.84. The Bertz CT molecular complexity index is 1350. The van der Waals surface area contributed by atoms with Gasteiger partial charge in [-0.05, 0) is 42.4 Å². The van der Waals surface area contributed by atoms with Crippen molar-refractivity contribution in [2.45, 2.75) is 63.7 Å². The van der Waals surface area contributed by atoms with Crippen LogP contribution in [0.1, 0.15) is 37.8 Å². The molecule has 1 aromatic heterocycles. The second-order valence-corrected chi connectivity index (χ2v) is 10.7. The Labute approximate surface area is 233 Å². The van der Waals surface area contributed by atoms with E-state index in [-0.39, 0.29) is 12.3 Å². The van der Waals surface area contributed by atoms with E-state index in [4.69, 9.17) is 5.73 Å². The Morgan fingerprint density at radius 3 is 2.40 bits per heavy atom. The average molecular weight is 548 g/mol. The summed E-state index contributed by atoms with van der Waals surface area (Å²) < 4.78 is 0. The molecule has 1 fully saturated rings. The monoisotopic (exact) mass is 547 g/mol. The molecule has 0 saturated carbocycles. The second kappa shape index (κ2) is 12.8. The minimum Gasteiger partial charge on any atom is -0.480 e. The SMILES string of the molecule is CC(C)C(NC(=O)C(Cc1c[nH]c2ccccc12)NC(=O)C(N)Cc1ccccc1)C(=O)N1CCCC1C(=O)O. The number of carbonyl (C=O) groups excluding carboxylic acids is 3. The van der Waals surface area contributed by atoms with E-state index in [9.17, 15) is 24.3 Å². The highest BCUT2D eigenvalue weighted by atomic mass is 16.4. The quantitative estimate of drug-likeness (QED) is 0.247. The molecule has 2 aromatic carbocycles. The molecule has 6 N–H and O–H groups in total. The minimum absolute atomic E-state index is 0.167. The van der Waals surface area contributed by atoms with Crippen LogP contribution >= 0.6 is 0 Å². The third-order valence-electron chi connectivity index (χ3n) is 7.42. The number of hydrogen-bond donors (Lipinski definition) is 5. The van der Waals surface area contributed by atoms with Gasteiger partial charge >= 0.3 is 5.97 Å². The van der Waals surface area contributed by atoms with E-state index in [2.05, 4.69) is 15.6 Å². The van der Waals surface area contributed by atoms with Gasteiger partial charge in [0.1, 0.15) is 18.1 Å². The van der Waals surface area contributed by atoms with Gasteiger partial charge in [-0.25, -0.2) is 4.79 Å². The van der Waals surface area contributed by atoms with Gasteiger partial charge < -0.3 is 31.4 Å². The number of nitrogens with one attached hydrogen (secondary N) is 3. The van der Waals surface area contributed by atoms with Crippen molar-refractivity contribution in [3.63, 3.8) is 0 Å². The van der Waals surface area contributed by atoms with Crippen LogP contribution in [0.4, 0.5) is 0 Å². The van der Waals surface area contributed by atoms with Crippen molar-refractivity contribution >= 4 is 34.6 Å². The third-order valence-corrected chi connectivity index (χ3v) is 7.42. The highest BCUT2D eigenvalue weighted by Gasteiger charge is 2.39. The van der Waals surface area contributed by atoms with E-state index >= 15 is 0 Å². The highest BCUT2D eigenvalue weighted by molar-refractivity contribution is 5.95. The smallest absolute Gasteiger partial charge is 0.326 e. The molecular formula is C30H37N5O5. The molecule has 40 heavy (non-hydrogen) atoms. The number of nitrogens with zero attached hydrogens (tertiary/aromatic N) is 1. The fraction of sp³-hybridized carbons (Fsp3) is 0.400. The lowest BCUT2D eigenvalue weighted by atomic mass is 9.99. The molecule has 3 amide bonds. The lowest BCUT2D eigenvalue weighted by Gasteiger charge is -2.30. The van der Waals surface area contributed by atoms with Crippen LogP contribution in [0.2, 0.25) is 0 Å². The van der Waals surface area contributed by atoms with Gasteiger partial charge in [0.15, 0.2) is 0 Å². The molecular weight excluding hydrogens is 510 g/mol. The lowest BCUT2D eigenvalue weighted by Crippen LogP contribution is -2.59. The number of likely N-dealkylation sites (tertiary alicyclic amines) is 1. The molecule has 4 unspecified atom stereocenters. The van der Waals surface area contributed by atoms with Crippen LogP contribution in [0.15, 0.2) is 60.8 Å². The number of rotatable bonds is 11. The Morgan fingerprint density at radius 2 is 1.70 bits per heavy atom. The normalized spacial score (nSPS) is 17.4. The molecule has 0 bridgehead atoms. The molecule has 4 atom stereocenters. The van der Waals surface area contributed by atoms with Crippen molar-refractivity contribution < 1.29 is 24.3 Å². The summed E-state index contributed by atoms with van der Waals surface area (Å²) in [5.74, 6) is -2.83. The second-order valence-electron chi connectivity index (χ2n) is 10.7. The number of aromatic amines is 1. The van der Waals surface area contributed by atoms with Gasteiger partial charge in [0.2, 0.25) is 17.7 Å². The zero-order valence-corrected chi connectivity index (χ0v) is 22.8. The van der Waals surface area contributed by atoms with Crippen LogP contribution in [-0.4, -0.2) is 69.4 Å². The number of fused-ring (bicyclic) bond motifs is 1. The number of carbonyl (C=O) groups is 4. The van der Waals surface area contributed by atoms with Crippen molar-refractivity contribution in [3.8, 4) is 0 Å². The largest absolute Gasteiger partial charge is 0.480 e. The Hall–Kier alpha value is -4.18. The zero-order chi connectivity index (χ0) is 28.8. The maximum Gasteiger partial charge on any atom is 0.326 e. The number of carboxylic acid groups (broad SMARTS) is 1.